The van der Waals surface area contributed by atoms with Gasteiger partial charge in [-0.15, -0.1) is 10.2 Å². The first-order valence-corrected chi connectivity index (χ1v) is 5.94. The van der Waals surface area contributed by atoms with Gasteiger partial charge in [-0.2, -0.15) is 0 Å². The molecule has 2 aromatic rings. The molecule has 1 N–H and O–H groups in total. The molecule has 0 amide bonds. The van der Waals surface area contributed by atoms with E-state index in [1.54, 1.807) is 24.7 Å². The van der Waals surface area contributed by atoms with Gasteiger partial charge in [-0.3, -0.25) is 0 Å². The van der Waals surface area contributed by atoms with Crippen molar-refractivity contribution in [1.29, 1.82) is 0 Å². The van der Waals surface area contributed by atoms with E-state index in [1.165, 1.54) is 0 Å². The Morgan fingerprint density at radius 1 is 1.33 bits per heavy atom. The van der Waals surface area contributed by atoms with Crippen molar-refractivity contribution in [2.75, 3.05) is 0 Å². The molecule has 18 heavy (non-hydrogen) atoms. The second-order valence-corrected chi connectivity index (χ2v) is 5.13. The predicted octanol–water partition coefficient (Wildman–Crippen LogP) is -0.125. The Balaban J connectivity index is 1.80. The summed E-state index contributed by atoms with van der Waals surface area (Å²) in [5.74, 6) is 0.768. The molecule has 1 fully saturated rings. The van der Waals surface area contributed by atoms with Gasteiger partial charge in [-0.1, -0.05) is 5.21 Å². The van der Waals surface area contributed by atoms with Crippen LogP contribution in [-0.4, -0.2) is 40.3 Å². The van der Waals surface area contributed by atoms with Crippen molar-refractivity contribution in [3.63, 3.8) is 0 Å². The monoisotopic (exact) mass is 249 g/mol. The van der Waals surface area contributed by atoms with E-state index < -0.39 is 5.60 Å². The Bertz CT molecular complexity index is 549. The molecule has 8 heteroatoms. The van der Waals surface area contributed by atoms with E-state index in [4.69, 9.17) is 0 Å². The molecule has 0 spiro atoms. The molecule has 0 radical (unpaired) electrons. The molecule has 8 nitrogen and oxygen atoms in total. The molecule has 2 heterocycles. The Morgan fingerprint density at radius 2 is 2.11 bits per heavy atom. The Hall–Kier alpha value is -1.83. The fraction of sp³-hybridized carbons (Fsp3) is 0.700. The number of nitrogens with zero attached hydrogens (tertiary/aromatic N) is 7. The lowest BCUT2D eigenvalue weighted by Crippen LogP contribution is -2.16. The number of hydrogen-bond acceptors (Lipinski definition) is 6. The van der Waals surface area contributed by atoms with Gasteiger partial charge in [0.25, 0.3) is 0 Å². The van der Waals surface area contributed by atoms with Crippen LogP contribution in [0.2, 0.25) is 0 Å². The summed E-state index contributed by atoms with van der Waals surface area (Å²) >= 11 is 0. The van der Waals surface area contributed by atoms with Gasteiger partial charge in [0, 0.05) is 0 Å². The third kappa shape index (κ3) is 2.10. The highest BCUT2D eigenvalue weighted by atomic mass is 16.3. The van der Waals surface area contributed by atoms with Crippen molar-refractivity contribution >= 4 is 0 Å². The van der Waals surface area contributed by atoms with Gasteiger partial charge < -0.3 is 5.11 Å². The minimum atomic E-state index is -0.985. The summed E-state index contributed by atoms with van der Waals surface area (Å²) in [4.78, 5) is 0. The third-order valence-electron chi connectivity index (χ3n) is 2.92. The van der Waals surface area contributed by atoms with Crippen molar-refractivity contribution < 1.29 is 5.11 Å². The fourth-order valence-corrected chi connectivity index (χ4v) is 1.72. The van der Waals surface area contributed by atoms with Gasteiger partial charge in [0.15, 0.2) is 5.82 Å². The second-order valence-electron chi connectivity index (χ2n) is 5.13. The Labute approximate surface area is 104 Å². The number of aromatic nitrogens is 7. The van der Waals surface area contributed by atoms with E-state index >= 15 is 0 Å². The quantitative estimate of drug-likeness (QED) is 0.811. The molecule has 2 aromatic heterocycles. The molecule has 1 aliphatic rings. The van der Waals surface area contributed by atoms with Crippen LogP contribution in [-0.2, 0) is 12.1 Å². The zero-order chi connectivity index (χ0) is 12.8. The van der Waals surface area contributed by atoms with Crippen LogP contribution in [0.5, 0.6) is 0 Å². The first-order valence-electron chi connectivity index (χ1n) is 5.94. The standard InChI is InChI=1S/C10H15N7O/c1-10(2,18)8-5-16(14-11-8)6-9-12-13-15-17(9)7-3-4-7/h5,7,18H,3-4,6H2,1-2H3. The topological polar surface area (TPSA) is 94.5 Å². The number of aliphatic hydroxyl groups is 1. The molecule has 0 aromatic carbocycles. The SMILES string of the molecule is CC(C)(O)c1cn(Cc2nnnn2C2CC2)nn1. The van der Waals surface area contributed by atoms with Crippen LogP contribution in [0, 0.1) is 0 Å². The summed E-state index contributed by atoms with van der Waals surface area (Å²) in [5.41, 5.74) is -0.450. The summed E-state index contributed by atoms with van der Waals surface area (Å²) in [5, 5.41) is 29.4. The summed E-state index contributed by atoms with van der Waals surface area (Å²) in [6.45, 7) is 3.82. The maximum absolute atomic E-state index is 9.82. The lowest BCUT2D eigenvalue weighted by Gasteiger charge is -2.11. The van der Waals surface area contributed by atoms with Crippen LogP contribution < -0.4 is 0 Å². The molecule has 0 bridgehead atoms. The van der Waals surface area contributed by atoms with E-state index in [-0.39, 0.29) is 0 Å². The smallest absolute Gasteiger partial charge is 0.173 e. The zero-order valence-corrected chi connectivity index (χ0v) is 10.4. The first-order chi connectivity index (χ1) is 8.54. The summed E-state index contributed by atoms with van der Waals surface area (Å²) in [6.07, 6.45) is 3.97. The Kier molecular flexibility index (Phi) is 2.40. The molecule has 0 unspecified atom stereocenters. The van der Waals surface area contributed by atoms with Gasteiger partial charge in [0.1, 0.15) is 17.8 Å². The molecule has 0 aliphatic heterocycles. The van der Waals surface area contributed by atoms with Gasteiger partial charge in [-0.25, -0.2) is 9.36 Å². The zero-order valence-electron chi connectivity index (χ0n) is 10.4. The van der Waals surface area contributed by atoms with Crippen LogP contribution in [0.4, 0.5) is 0 Å². The average molecular weight is 249 g/mol. The highest BCUT2D eigenvalue weighted by Crippen LogP contribution is 2.34. The highest BCUT2D eigenvalue weighted by molar-refractivity contribution is 5.03. The minimum Gasteiger partial charge on any atom is -0.384 e. The Morgan fingerprint density at radius 3 is 2.72 bits per heavy atom. The molecule has 1 aliphatic carbocycles. The van der Waals surface area contributed by atoms with E-state index in [0.717, 1.165) is 18.7 Å². The number of rotatable bonds is 4. The lowest BCUT2D eigenvalue weighted by atomic mass is 10.1. The van der Waals surface area contributed by atoms with Crippen LogP contribution >= 0.6 is 0 Å². The van der Waals surface area contributed by atoms with Crippen LogP contribution in [0.15, 0.2) is 6.20 Å². The fourth-order valence-electron chi connectivity index (χ4n) is 1.72. The minimum absolute atomic E-state index is 0.437. The van der Waals surface area contributed by atoms with Gasteiger partial charge in [0.2, 0.25) is 0 Å². The first kappa shape index (κ1) is 11.3. The van der Waals surface area contributed by atoms with Crippen LogP contribution in [0.25, 0.3) is 0 Å². The molecule has 96 valence electrons. The van der Waals surface area contributed by atoms with Crippen LogP contribution in [0.1, 0.15) is 44.2 Å². The lowest BCUT2D eigenvalue weighted by molar-refractivity contribution is 0.0737. The van der Waals surface area contributed by atoms with Crippen molar-refractivity contribution in [1.82, 2.24) is 35.2 Å². The van der Waals surface area contributed by atoms with E-state index in [0.29, 0.717) is 18.3 Å². The molecule has 0 atom stereocenters. The predicted molar refractivity (Wildman–Crippen MR) is 60.5 cm³/mol. The summed E-state index contributed by atoms with van der Waals surface area (Å²) in [7, 11) is 0. The van der Waals surface area contributed by atoms with Crippen LogP contribution in [0.3, 0.4) is 0 Å². The number of hydrogen-bond donors (Lipinski definition) is 1. The van der Waals surface area contributed by atoms with Gasteiger partial charge in [0.05, 0.1) is 12.2 Å². The number of tetrazole rings is 1. The van der Waals surface area contributed by atoms with E-state index in [2.05, 4.69) is 25.8 Å². The molecular formula is C10H15N7O. The second kappa shape index (κ2) is 3.84. The average Bonchev–Trinajstić information content (AvgIpc) is 2.85. The van der Waals surface area contributed by atoms with E-state index in [9.17, 15) is 5.11 Å². The summed E-state index contributed by atoms with van der Waals surface area (Å²) < 4.78 is 3.48. The van der Waals surface area contributed by atoms with Gasteiger partial charge in [-0.05, 0) is 37.1 Å². The largest absolute Gasteiger partial charge is 0.384 e. The maximum atomic E-state index is 9.82. The van der Waals surface area contributed by atoms with Crippen molar-refractivity contribution in [3.05, 3.63) is 17.7 Å². The maximum Gasteiger partial charge on any atom is 0.173 e. The molecule has 1 saturated carbocycles. The molecule has 3 rings (SSSR count). The normalized spacial score (nSPS) is 16.2. The molecule has 0 saturated heterocycles. The van der Waals surface area contributed by atoms with Crippen molar-refractivity contribution in [2.45, 2.75) is 44.9 Å². The third-order valence-corrected chi connectivity index (χ3v) is 2.92. The van der Waals surface area contributed by atoms with Crippen molar-refractivity contribution in [2.24, 2.45) is 0 Å². The highest BCUT2D eigenvalue weighted by Gasteiger charge is 2.28. The van der Waals surface area contributed by atoms with Crippen molar-refractivity contribution in [3.8, 4) is 0 Å². The summed E-state index contributed by atoms with van der Waals surface area (Å²) in [6, 6.07) is 0.437. The molecular weight excluding hydrogens is 234 g/mol. The van der Waals surface area contributed by atoms with E-state index in [1.807, 2.05) is 4.68 Å². The van der Waals surface area contributed by atoms with Gasteiger partial charge >= 0.3 is 0 Å².